The summed E-state index contributed by atoms with van der Waals surface area (Å²) < 4.78 is 68.5. The molecule has 0 aromatic rings. The third-order valence-electron chi connectivity index (χ3n) is 16.0. The van der Waals surface area contributed by atoms with Crippen molar-refractivity contribution in [2.24, 2.45) is 0 Å². The molecule has 3 N–H and O–H groups in total. The highest BCUT2D eigenvalue weighted by Gasteiger charge is 2.30. The van der Waals surface area contributed by atoms with E-state index in [9.17, 15) is 43.2 Å². The van der Waals surface area contributed by atoms with Gasteiger partial charge in [-0.2, -0.15) is 0 Å². The van der Waals surface area contributed by atoms with Crippen molar-refractivity contribution in [3.8, 4) is 0 Å². The van der Waals surface area contributed by atoms with Crippen molar-refractivity contribution in [3.05, 3.63) is 194 Å². The minimum absolute atomic E-state index is 0.0239. The van der Waals surface area contributed by atoms with E-state index in [1.54, 1.807) is 0 Å². The Balaban J connectivity index is 5.52. The van der Waals surface area contributed by atoms with Crippen LogP contribution in [-0.2, 0) is 65.4 Å². The van der Waals surface area contributed by atoms with Crippen LogP contribution in [0.3, 0.4) is 0 Å². The molecule has 0 aliphatic rings. The van der Waals surface area contributed by atoms with Gasteiger partial charge in [0.15, 0.2) is 12.2 Å². The fraction of sp³-hybridized carbons (Fsp3) is 0.596. The van der Waals surface area contributed by atoms with E-state index in [4.69, 9.17) is 37.0 Å². The van der Waals surface area contributed by atoms with E-state index in [0.717, 1.165) is 167 Å². The third kappa shape index (κ3) is 78.0. The standard InChI is InChI=1S/C89H142O17P2/c1-5-9-13-17-21-25-29-33-36-39-41-44-47-51-54-58-62-66-70-74-87(92)100-80-85(106-89(94)76-72-68-64-60-56-52-48-45-42-40-37-34-30-26-22-18-14-10-6-2)82-104-108(97,98)102-78-83(90)77-101-107(95,96)103-81-84(105-88(93)75-71-67-63-59-55-49-32-28-24-20-16-12-8-4)79-99-86(91)73-69-65-61-57-53-50-46-43-38-35-31-27-23-19-15-11-7-3/h9-11,13-15,21-23,25-28,32-38,41-42,44-46,50-51,54,57,61-62,66,83-85,90H,5-8,12,16-20,24,29-31,39-40,43,47-49,52-53,55-56,58-60,63-65,67-82H2,1-4H3,(H,95,96)(H,97,98)/b13-9-,14-10-,15-11-,25-21-,26-22-,27-23-,32-28-,36-33-,37-34-,38-35-,44-41-,45-42-,50-46-,54-51-,61-57-,66-62-. The van der Waals surface area contributed by atoms with E-state index in [1.165, 1.54) is 25.7 Å². The summed E-state index contributed by atoms with van der Waals surface area (Å²) >= 11 is 0. The number of aliphatic hydroxyl groups excluding tert-OH is 1. The first-order valence-corrected chi connectivity index (χ1v) is 43.7. The molecular weight excluding hydrogens is 1400 g/mol. The highest BCUT2D eigenvalue weighted by Crippen LogP contribution is 2.45. The van der Waals surface area contributed by atoms with E-state index in [-0.39, 0.29) is 25.7 Å². The number of ether oxygens (including phenoxy) is 4. The number of unbranched alkanes of at least 4 members (excludes halogenated alkanes) is 16. The molecular formula is C89H142O17P2. The molecule has 610 valence electrons. The van der Waals surface area contributed by atoms with Crippen molar-refractivity contribution < 1.29 is 80.2 Å². The Labute approximate surface area is 653 Å². The molecule has 0 aromatic heterocycles. The fourth-order valence-electron chi connectivity index (χ4n) is 9.97. The van der Waals surface area contributed by atoms with Crippen LogP contribution in [-0.4, -0.2) is 96.7 Å². The minimum atomic E-state index is -5.01. The Hall–Kier alpha value is -6.10. The number of carbonyl (C=O) groups is 4. The molecule has 5 unspecified atom stereocenters. The van der Waals surface area contributed by atoms with E-state index < -0.39 is 97.5 Å². The second-order valence-electron chi connectivity index (χ2n) is 26.2. The highest BCUT2D eigenvalue weighted by atomic mass is 31.2. The Morgan fingerprint density at radius 1 is 0.269 bits per heavy atom. The summed E-state index contributed by atoms with van der Waals surface area (Å²) in [6, 6.07) is 0. The molecule has 0 fully saturated rings. The zero-order valence-corrected chi connectivity index (χ0v) is 68.5. The topological polar surface area (TPSA) is 237 Å². The summed E-state index contributed by atoms with van der Waals surface area (Å²) in [5.41, 5.74) is 0. The van der Waals surface area contributed by atoms with Crippen LogP contribution >= 0.6 is 15.6 Å². The van der Waals surface area contributed by atoms with Crippen LogP contribution in [0.1, 0.15) is 285 Å². The van der Waals surface area contributed by atoms with E-state index in [0.29, 0.717) is 38.5 Å². The number of rotatable bonds is 74. The molecule has 19 heteroatoms. The molecule has 108 heavy (non-hydrogen) atoms. The van der Waals surface area contributed by atoms with Crippen LogP contribution in [0.25, 0.3) is 0 Å². The van der Waals surface area contributed by atoms with Crippen LogP contribution < -0.4 is 0 Å². The van der Waals surface area contributed by atoms with Gasteiger partial charge in [0, 0.05) is 25.7 Å². The smallest absolute Gasteiger partial charge is 0.462 e. The highest BCUT2D eigenvalue weighted by molar-refractivity contribution is 7.47. The largest absolute Gasteiger partial charge is 0.472 e. The SMILES string of the molecule is CC/C=C\C/C=C\C/C=C\C/C=C\C/C=C\C/C=C\CCC(=O)OCC(COP(=O)(O)OCC(O)COP(=O)(O)OCC(COC(=O)CCC/C=C\C/C=C\C/C=C\C/C=C\C/C=C\CC)OC(=O)CCCCCCC/C=C\CCCCCC)OC(=O)CCCCCCCC/C=C\C/C=C\C/C=C\C/C=C\CC. The molecule has 0 bridgehead atoms. The lowest BCUT2D eigenvalue weighted by Gasteiger charge is -2.21. The predicted octanol–water partition coefficient (Wildman–Crippen LogP) is 24.1. The molecule has 0 saturated carbocycles. The maximum Gasteiger partial charge on any atom is 0.472 e. The molecule has 0 saturated heterocycles. The quantitative estimate of drug-likeness (QED) is 0.0169. The van der Waals surface area contributed by atoms with Gasteiger partial charge in [0.1, 0.15) is 19.3 Å². The molecule has 0 rings (SSSR count). The summed E-state index contributed by atoms with van der Waals surface area (Å²) in [4.78, 5) is 73.1. The maximum atomic E-state index is 13.1. The normalized spacial score (nSPS) is 14.8. The number of aliphatic hydroxyl groups is 1. The lowest BCUT2D eigenvalue weighted by atomic mass is 10.1. The number of phosphoric ester groups is 2. The lowest BCUT2D eigenvalue weighted by Crippen LogP contribution is -2.30. The Bertz CT molecular complexity index is 2810. The van der Waals surface area contributed by atoms with Gasteiger partial charge < -0.3 is 33.8 Å². The van der Waals surface area contributed by atoms with E-state index in [1.807, 2.05) is 30.4 Å². The average molecular weight is 1550 g/mol. The molecule has 0 aromatic carbocycles. The van der Waals surface area contributed by atoms with Gasteiger partial charge in [-0.15, -0.1) is 0 Å². The van der Waals surface area contributed by atoms with Crippen LogP contribution in [0.4, 0.5) is 0 Å². The first-order valence-electron chi connectivity index (χ1n) is 40.7. The number of esters is 4. The van der Waals surface area contributed by atoms with Crippen molar-refractivity contribution in [1.82, 2.24) is 0 Å². The summed E-state index contributed by atoms with van der Waals surface area (Å²) in [5, 5.41) is 10.7. The van der Waals surface area contributed by atoms with Crippen LogP contribution in [0.5, 0.6) is 0 Å². The van der Waals surface area contributed by atoms with E-state index in [2.05, 4.69) is 192 Å². The summed E-state index contributed by atoms with van der Waals surface area (Å²) in [6.07, 6.45) is 97.1. The second-order valence-corrected chi connectivity index (χ2v) is 29.1. The minimum Gasteiger partial charge on any atom is -0.462 e. The van der Waals surface area contributed by atoms with Crippen LogP contribution in [0.2, 0.25) is 0 Å². The Morgan fingerprint density at radius 2 is 0.509 bits per heavy atom. The molecule has 0 aliphatic heterocycles. The summed E-state index contributed by atoms with van der Waals surface area (Å²) in [5.74, 6) is -2.38. The van der Waals surface area contributed by atoms with Gasteiger partial charge in [0.05, 0.1) is 26.4 Å². The monoisotopic (exact) mass is 1540 g/mol. The third-order valence-corrected chi connectivity index (χ3v) is 17.9. The Morgan fingerprint density at radius 3 is 0.833 bits per heavy atom. The van der Waals surface area contributed by atoms with Crippen molar-refractivity contribution >= 4 is 39.5 Å². The average Bonchev–Trinajstić information content (AvgIpc) is 0.892. The van der Waals surface area contributed by atoms with Gasteiger partial charge in [-0.3, -0.25) is 37.3 Å². The van der Waals surface area contributed by atoms with Gasteiger partial charge in [0.25, 0.3) is 0 Å². The molecule has 0 heterocycles. The maximum absolute atomic E-state index is 13.1. The number of phosphoric acid groups is 2. The number of hydrogen-bond acceptors (Lipinski definition) is 15. The predicted molar refractivity (Wildman–Crippen MR) is 445 cm³/mol. The first kappa shape index (κ1) is 102. The van der Waals surface area contributed by atoms with Crippen molar-refractivity contribution in [2.45, 2.75) is 303 Å². The fourth-order valence-corrected chi connectivity index (χ4v) is 11.6. The molecule has 0 amide bonds. The molecule has 17 nitrogen and oxygen atoms in total. The van der Waals surface area contributed by atoms with Crippen molar-refractivity contribution in [2.75, 3.05) is 39.6 Å². The summed E-state index contributed by atoms with van der Waals surface area (Å²) in [6.45, 7) is 4.32. The number of carbonyl (C=O) groups excluding carboxylic acids is 4. The van der Waals surface area contributed by atoms with Crippen molar-refractivity contribution in [3.63, 3.8) is 0 Å². The molecule has 5 atom stereocenters. The molecule has 0 radical (unpaired) electrons. The van der Waals surface area contributed by atoms with Gasteiger partial charge in [0.2, 0.25) is 0 Å². The van der Waals surface area contributed by atoms with Gasteiger partial charge in [-0.25, -0.2) is 9.13 Å². The molecule has 0 spiro atoms. The Kier molecular flexibility index (Phi) is 74.5. The summed E-state index contributed by atoms with van der Waals surface area (Å²) in [7, 11) is -10.0. The zero-order chi connectivity index (χ0) is 78.9. The molecule has 0 aliphatic carbocycles. The zero-order valence-electron chi connectivity index (χ0n) is 66.7. The second kappa shape index (κ2) is 79.0. The number of hydrogen-bond donors (Lipinski definition) is 3. The first-order chi connectivity index (χ1) is 52.7. The van der Waals surface area contributed by atoms with Crippen molar-refractivity contribution in [1.29, 1.82) is 0 Å². The van der Waals surface area contributed by atoms with Gasteiger partial charge >= 0.3 is 39.5 Å². The lowest BCUT2D eigenvalue weighted by molar-refractivity contribution is -0.161. The number of allylic oxidation sites excluding steroid dienone is 32. The van der Waals surface area contributed by atoms with Gasteiger partial charge in [-0.05, 0) is 167 Å². The van der Waals surface area contributed by atoms with Crippen LogP contribution in [0.15, 0.2) is 194 Å². The van der Waals surface area contributed by atoms with E-state index >= 15 is 0 Å². The van der Waals surface area contributed by atoms with Crippen LogP contribution in [0, 0.1) is 0 Å². The van der Waals surface area contributed by atoms with Gasteiger partial charge in [-0.1, -0.05) is 286 Å².